The van der Waals surface area contributed by atoms with E-state index < -0.39 is 0 Å². The third-order valence-corrected chi connectivity index (χ3v) is 1.78. The molecule has 0 aromatic heterocycles. The highest BCUT2D eigenvalue weighted by Crippen LogP contribution is 2.20. The molecule has 0 N–H and O–H groups in total. The molecular formula is C10H14O. The molecular weight excluding hydrogens is 136 g/mol. The van der Waals surface area contributed by atoms with Crippen LogP contribution in [0.1, 0.15) is 6.92 Å². The van der Waals surface area contributed by atoms with Gasteiger partial charge in [-0.3, -0.25) is 0 Å². The molecule has 11 heavy (non-hydrogen) atoms. The molecule has 0 amide bonds. The van der Waals surface area contributed by atoms with Gasteiger partial charge in [-0.1, -0.05) is 30.9 Å². The van der Waals surface area contributed by atoms with Gasteiger partial charge in [0.1, 0.15) is 0 Å². The smallest absolute Gasteiger partial charge is 0.0557 e. The van der Waals surface area contributed by atoms with Gasteiger partial charge < -0.3 is 4.74 Å². The summed E-state index contributed by atoms with van der Waals surface area (Å²) in [5, 5.41) is 0. The van der Waals surface area contributed by atoms with Crippen LogP contribution in [0.25, 0.3) is 0 Å². The molecule has 0 aromatic rings. The van der Waals surface area contributed by atoms with Crippen LogP contribution in [0.3, 0.4) is 0 Å². The average Bonchev–Trinajstić information content (AvgIpc) is 1.85. The van der Waals surface area contributed by atoms with Crippen molar-refractivity contribution >= 4 is 0 Å². The van der Waals surface area contributed by atoms with E-state index in [1.54, 1.807) is 0 Å². The summed E-state index contributed by atoms with van der Waals surface area (Å²) >= 11 is 0. The Balaban J connectivity index is 2.57. The van der Waals surface area contributed by atoms with Crippen LogP contribution in [0.5, 0.6) is 0 Å². The zero-order valence-electron chi connectivity index (χ0n) is 6.92. The van der Waals surface area contributed by atoms with Crippen LogP contribution >= 0.6 is 0 Å². The van der Waals surface area contributed by atoms with Gasteiger partial charge in [0.05, 0.1) is 13.2 Å². The molecule has 1 heteroatoms. The summed E-state index contributed by atoms with van der Waals surface area (Å²) in [7, 11) is 0. The van der Waals surface area contributed by atoms with Crippen molar-refractivity contribution in [2.75, 3.05) is 13.2 Å². The summed E-state index contributed by atoms with van der Waals surface area (Å²) in [6.07, 6.45) is 8.04. The van der Waals surface area contributed by atoms with Crippen LogP contribution in [0, 0.1) is 5.92 Å². The Morgan fingerprint density at radius 3 is 2.64 bits per heavy atom. The molecule has 0 saturated carbocycles. The van der Waals surface area contributed by atoms with Gasteiger partial charge in [0, 0.05) is 5.92 Å². The molecule has 1 fully saturated rings. The lowest BCUT2D eigenvalue weighted by Gasteiger charge is -2.26. The molecule has 60 valence electrons. The minimum atomic E-state index is 0.601. The van der Waals surface area contributed by atoms with Crippen LogP contribution in [0.2, 0.25) is 0 Å². The Bertz CT molecular complexity index is 185. The first-order valence-electron chi connectivity index (χ1n) is 3.91. The van der Waals surface area contributed by atoms with Crippen LogP contribution in [0.15, 0.2) is 36.5 Å². The minimum Gasteiger partial charge on any atom is -0.380 e. The standard InChI is InChI=1S/C10H14O/c1-3-5-9(6-4-2)10-7-11-8-10/h3-6,10H,1,7-8H2,2H3/b6-4-,9-5+. The molecule has 0 radical (unpaired) electrons. The number of rotatable bonds is 3. The molecule has 1 aliphatic rings. The predicted octanol–water partition coefficient (Wildman–Crippen LogP) is 2.32. The summed E-state index contributed by atoms with van der Waals surface area (Å²) in [5.74, 6) is 0.601. The lowest BCUT2D eigenvalue weighted by Crippen LogP contribution is -2.28. The van der Waals surface area contributed by atoms with Gasteiger partial charge in [0.15, 0.2) is 0 Å². The zero-order chi connectivity index (χ0) is 8.10. The number of ether oxygens (including phenoxy) is 1. The molecule has 1 saturated heterocycles. The second kappa shape index (κ2) is 4.14. The molecule has 1 aliphatic heterocycles. The van der Waals surface area contributed by atoms with E-state index in [1.165, 1.54) is 5.57 Å². The molecule has 0 aromatic carbocycles. The Hall–Kier alpha value is -0.820. The first-order valence-corrected chi connectivity index (χ1v) is 3.91. The highest BCUT2D eigenvalue weighted by molar-refractivity contribution is 5.26. The number of hydrogen-bond donors (Lipinski definition) is 0. The second-order valence-corrected chi connectivity index (χ2v) is 2.64. The van der Waals surface area contributed by atoms with Gasteiger partial charge in [0.2, 0.25) is 0 Å². The summed E-state index contributed by atoms with van der Waals surface area (Å²) in [5.41, 5.74) is 1.33. The Morgan fingerprint density at radius 2 is 2.27 bits per heavy atom. The van der Waals surface area contributed by atoms with Crippen molar-refractivity contribution in [1.82, 2.24) is 0 Å². The third kappa shape index (κ3) is 2.05. The lowest BCUT2D eigenvalue weighted by atomic mass is 9.96. The molecule has 1 nitrogen and oxygen atoms in total. The van der Waals surface area contributed by atoms with Crippen LogP contribution in [-0.2, 0) is 4.74 Å². The maximum Gasteiger partial charge on any atom is 0.0557 e. The van der Waals surface area contributed by atoms with Crippen molar-refractivity contribution in [2.24, 2.45) is 5.92 Å². The molecule has 0 aliphatic carbocycles. The van der Waals surface area contributed by atoms with Gasteiger partial charge in [-0.25, -0.2) is 0 Å². The molecule has 1 rings (SSSR count). The minimum absolute atomic E-state index is 0.601. The number of hydrogen-bond acceptors (Lipinski definition) is 1. The fourth-order valence-corrected chi connectivity index (χ4v) is 1.08. The summed E-state index contributed by atoms with van der Waals surface area (Å²) in [6, 6.07) is 0. The fraction of sp³-hybridized carbons (Fsp3) is 0.400. The second-order valence-electron chi connectivity index (χ2n) is 2.64. The van der Waals surface area contributed by atoms with Crippen molar-refractivity contribution in [3.63, 3.8) is 0 Å². The molecule has 1 heterocycles. The quantitative estimate of drug-likeness (QED) is 0.561. The van der Waals surface area contributed by atoms with Gasteiger partial charge in [-0.15, -0.1) is 0 Å². The summed E-state index contributed by atoms with van der Waals surface area (Å²) in [4.78, 5) is 0. The largest absolute Gasteiger partial charge is 0.380 e. The Morgan fingerprint density at radius 1 is 1.55 bits per heavy atom. The van der Waals surface area contributed by atoms with E-state index in [9.17, 15) is 0 Å². The highest BCUT2D eigenvalue weighted by atomic mass is 16.5. The molecule has 0 spiro atoms. The van der Waals surface area contributed by atoms with Crippen LogP contribution < -0.4 is 0 Å². The highest BCUT2D eigenvalue weighted by Gasteiger charge is 2.20. The SMILES string of the molecule is C=C/C=C(\C=C/C)C1COC1. The summed E-state index contributed by atoms with van der Waals surface area (Å²) < 4.78 is 5.10. The Labute approximate surface area is 68.1 Å². The van der Waals surface area contributed by atoms with E-state index in [1.807, 2.05) is 25.2 Å². The monoisotopic (exact) mass is 150 g/mol. The van der Waals surface area contributed by atoms with Crippen molar-refractivity contribution in [3.8, 4) is 0 Å². The molecule has 0 bridgehead atoms. The van der Waals surface area contributed by atoms with E-state index in [0.29, 0.717) is 5.92 Å². The average molecular weight is 150 g/mol. The summed E-state index contributed by atoms with van der Waals surface area (Å²) in [6.45, 7) is 7.43. The maximum absolute atomic E-state index is 5.10. The van der Waals surface area contributed by atoms with Gasteiger partial charge in [0.25, 0.3) is 0 Å². The molecule has 0 atom stereocenters. The van der Waals surface area contributed by atoms with Gasteiger partial charge >= 0.3 is 0 Å². The molecule has 0 unspecified atom stereocenters. The van der Waals surface area contributed by atoms with Crippen molar-refractivity contribution < 1.29 is 4.74 Å². The van der Waals surface area contributed by atoms with Gasteiger partial charge in [-0.2, -0.15) is 0 Å². The lowest BCUT2D eigenvalue weighted by molar-refractivity contribution is -0.0116. The van der Waals surface area contributed by atoms with E-state index in [4.69, 9.17) is 4.74 Å². The Kier molecular flexibility index (Phi) is 3.12. The first-order chi connectivity index (χ1) is 5.38. The maximum atomic E-state index is 5.10. The van der Waals surface area contributed by atoms with E-state index in [0.717, 1.165) is 13.2 Å². The van der Waals surface area contributed by atoms with E-state index in [-0.39, 0.29) is 0 Å². The van der Waals surface area contributed by atoms with E-state index >= 15 is 0 Å². The predicted molar refractivity (Wildman–Crippen MR) is 47.4 cm³/mol. The first kappa shape index (κ1) is 8.28. The topological polar surface area (TPSA) is 9.23 Å². The normalized spacial score (nSPS) is 20.3. The van der Waals surface area contributed by atoms with E-state index in [2.05, 4.69) is 12.7 Å². The fourth-order valence-electron chi connectivity index (χ4n) is 1.08. The van der Waals surface area contributed by atoms with Crippen molar-refractivity contribution in [3.05, 3.63) is 36.5 Å². The van der Waals surface area contributed by atoms with Crippen molar-refractivity contribution in [2.45, 2.75) is 6.92 Å². The van der Waals surface area contributed by atoms with Crippen LogP contribution in [-0.4, -0.2) is 13.2 Å². The third-order valence-electron chi connectivity index (χ3n) is 1.78. The van der Waals surface area contributed by atoms with Gasteiger partial charge in [-0.05, 0) is 12.5 Å². The number of allylic oxidation sites excluding steroid dienone is 4. The van der Waals surface area contributed by atoms with Crippen molar-refractivity contribution in [1.29, 1.82) is 0 Å². The zero-order valence-corrected chi connectivity index (χ0v) is 6.92. The van der Waals surface area contributed by atoms with Crippen LogP contribution in [0.4, 0.5) is 0 Å².